The Morgan fingerprint density at radius 1 is 0.774 bits per heavy atom. The molecule has 0 unspecified atom stereocenters. The van der Waals surface area contributed by atoms with E-state index < -0.39 is 17.4 Å². The zero-order valence-corrected chi connectivity index (χ0v) is 16.8. The molecule has 5 heteroatoms. The molecule has 3 aromatic carbocycles. The average Bonchev–Trinajstić information content (AvgIpc) is 3.04. The molecule has 0 atom stereocenters. The van der Waals surface area contributed by atoms with Gasteiger partial charge < -0.3 is 10.2 Å². The molecule has 0 bridgehead atoms. The predicted octanol–water partition coefficient (Wildman–Crippen LogP) is 5.38. The number of carbonyl (C=O) groups is 2. The standard InChI is InChI=1S/C26H21NO4/c28-22(29)11-13-26(14-12-23(30)31)19-10-9-16-5-1-3-7-18(16)24(19)25-20(26)15-17-6-2-4-8-21(17)27-25/h1-10,15H,11-14H2,(H,28,29)(H,30,31). The van der Waals surface area contributed by atoms with Gasteiger partial charge in [0.1, 0.15) is 0 Å². The Hall–Kier alpha value is -3.73. The molecule has 5 nitrogen and oxygen atoms in total. The normalized spacial score (nSPS) is 13.8. The summed E-state index contributed by atoms with van der Waals surface area (Å²) in [6, 6.07) is 22.1. The number of hydrogen-bond donors (Lipinski definition) is 2. The van der Waals surface area contributed by atoms with Crippen LogP contribution >= 0.6 is 0 Å². The molecule has 0 fully saturated rings. The van der Waals surface area contributed by atoms with Gasteiger partial charge in [-0.3, -0.25) is 9.59 Å². The second kappa shape index (κ2) is 7.20. The highest BCUT2D eigenvalue weighted by molar-refractivity contribution is 6.03. The molecule has 0 amide bonds. The maximum absolute atomic E-state index is 11.6. The molecule has 4 aromatic rings. The van der Waals surface area contributed by atoms with Crippen molar-refractivity contribution in [1.29, 1.82) is 0 Å². The minimum Gasteiger partial charge on any atom is -0.481 e. The van der Waals surface area contributed by atoms with Gasteiger partial charge in [0.2, 0.25) is 0 Å². The zero-order valence-electron chi connectivity index (χ0n) is 16.8. The maximum atomic E-state index is 11.6. The van der Waals surface area contributed by atoms with Crippen molar-refractivity contribution < 1.29 is 19.8 Å². The van der Waals surface area contributed by atoms with Gasteiger partial charge in [0.25, 0.3) is 0 Å². The highest BCUT2D eigenvalue weighted by Crippen LogP contribution is 2.55. The number of carboxylic acid groups (broad SMARTS) is 2. The third-order valence-electron chi connectivity index (χ3n) is 6.45. The Morgan fingerprint density at radius 2 is 1.42 bits per heavy atom. The first-order valence-corrected chi connectivity index (χ1v) is 10.4. The lowest BCUT2D eigenvalue weighted by molar-refractivity contribution is -0.137. The van der Waals surface area contributed by atoms with E-state index in [2.05, 4.69) is 12.1 Å². The third kappa shape index (κ3) is 3.05. The first-order valence-electron chi connectivity index (χ1n) is 10.4. The molecule has 1 heterocycles. The van der Waals surface area contributed by atoms with Crippen LogP contribution in [0.1, 0.15) is 36.8 Å². The lowest BCUT2D eigenvalue weighted by atomic mass is 9.71. The average molecular weight is 411 g/mol. The van der Waals surface area contributed by atoms with Crippen molar-refractivity contribution in [3.05, 3.63) is 77.9 Å². The Labute approximate surface area is 179 Å². The SMILES string of the molecule is O=C(O)CCC1(CCC(=O)O)c2cc3ccccc3nc2-c2c1ccc1ccccc21. The fourth-order valence-corrected chi connectivity index (χ4v) is 5.05. The molecule has 0 radical (unpaired) electrons. The van der Waals surface area contributed by atoms with Crippen LogP contribution in [0.5, 0.6) is 0 Å². The second-order valence-corrected chi connectivity index (χ2v) is 8.16. The number of fused-ring (bicyclic) bond motifs is 6. The van der Waals surface area contributed by atoms with E-state index in [1.165, 1.54) is 0 Å². The number of benzene rings is 3. The van der Waals surface area contributed by atoms with Crippen LogP contribution in [0.25, 0.3) is 32.9 Å². The van der Waals surface area contributed by atoms with Crippen LogP contribution in [0.3, 0.4) is 0 Å². The van der Waals surface area contributed by atoms with E-state index in [1.54, 1.807) is 0 Å². The van der Waals surface area contributed by atoms with E-state index in [9.17, 15) is 19.8 Å². The van der Waals surface area contributed by atoms with E-state index in [0.717, 1.165) is 44.1 Å². The van der Waals surface area contributed by atoms with Crippen molar-refractivity contribution in [2.45, 2.75) is 31.1 Å². The van der Waals surface area contributed by atoms with E-state index in [-0.39, 0.29) is 12.8 Å². The van der Waals surface area contributed by atoms with Gasteiger partial charge >= 0.3 is 11.9 Å². The summed E-state index contributed by atoms with van der Waals surface area (Å²) in [4.78, 5) is 28.1. The van der Waals surface area contributed by atoms with Crippen molar-refractivity contribution in [3.63, 3.8) is 0 Å². The summed E-state index contributed by atoms with van der Waals surface area (Å²) in [7, 11) is 0. The van der Waals surface area contributed by atoms with Gasteiger partial charge in [-0.05, 0) is 46.9 Å². The summed E-state index contributed by atoms with van der Waals surface area (Å²) >= 11 is 0. The first kappa shape index (κ1) is 19.2. The number of carboxylic acids is 2. The summed E-state index contributed by atoms with van der Waals surface area (Å²) in [5.41, 5.74) is 3.90. The number of aliphatic carboxylic acids is 2. The molecule has 1 aliphatic carbocycles. The Kier molecular flexibility index (Phi) is 4.47. The van der Waals surface area contributed by atoms with Crippen molar-refractivity contribution >= 4 is 33.6 Å². The quantitative estimate of drug-likeness (QED) is 0.444. The molecule has 0 spiro atoms. The van der Waals surface area contributed by atoms with Crippen molar-refractivity contribution in [3.8, 4) is 11.3 Å². The largest absolute Gasteiger partial charge is 0.481 e. The van der Waals surface area contributed by atoms with E-state index in [4.69, 9.17) is 4.98 Å². The van der Waals surface area contributed by atoms with Crippen molar-refractivity contribution in [1.82, 2.24) is 4.98 Å². The van der Waals surface area contributed by atoms with Crippen LogP contribution in [0.2, 0.25) is 0 Å². The molecular weight excluding hydrogens is 390 g/mol. The van der Waals surface area contributed by atoms with Crippen molar-refractivity contribution in [2.24, 2.45) is 0 Å². The van der Waals surface area contributed by atoms with Crippen LogP contribution in [0.15, 0.2) is 66.7 Å². The molecule has 5 rings (SSSR count). The molecule has 0 saturated heterocycles. The Bertz CT molecular complexity index is 1340. The van der Waals surface area contributed by atoms with Gasteiger partial charge in [-0.2, -0.15) is 0 Å². The number of para-hydroxylation sites is 1. The monoisotopic (exact) mass is 411 g/mol. The molecular formula is C26H21NO4. The van der Waals surface area contributed by atoms with Crippen LogP contribution in [-0.4, -0.2) is 27.1 Å². The maximum Gasteiger partial charge on any atom is 0.303 e. The Morgan fingerprint density at radius 3 is 2.13 bits per heavy atom. The lowest BCUT2D eigenvalue weighted by Gasteiger charge is -2.31. The molecule has 154 valence electrons. The molecule has 1 aliphatic rings. The van der Waals surface area contributed by atoms with Crippen LogP contribution in [0, 0.1) is 0 Å². The number of pyridine rings is 1. The topological polar surface area (TPSA) is 87.5 Å². The lowest BCUT2D eigenvalue weighted by Crippen LogP contribution is -2.27. The molecule has 1 aromatic heterocycles. The third-order valence-corrected chi connectivity index (χ3v) is 6.45. The first-order chi connectivity index (χ1) is 15.0. The number of nitrogens with zero attached hydrogens (tertiary/aromatic N) is 1. The van der Waals surface area contributed by atoms with E-state index in [1.807, 2.05) is 54.6 Å². The van der Waals surface area contributed by atoms with Gasteiger partial charge in [0, 0.05) is 29.2 Å². The number of rotatable bonds is 6. The van der Waals surface area contributed by atoms with Crippen LogP contribution in [-0.2, 0) is 15.0 Å². The number of hydrogen-bond acceptors (Lipinski definition) is 3. The minimum atomic E-state index is -0.890. The fraction of sp³-hybridized carbons (Fsp3) is 0.192. The molecule has 2 N–H and O–H groups in total. The summed E-state index contributed by atoms with van der Waals surface area (Å²) < 4.78 is 0. The summed E-state index contributed by atoms with van der Waals surface area (Å²) in [6.07, 6.45) is 0.568. The highest BCUT2D eigenvalue weighted by atomic mass is 16.4. The predicted molar refractivity (Wildman–Crippen MR) is 119 cm³/mol. The highest BCUT2D eigenvalue weighted by Gasteiger charge is 2.45. The van der Waals surface area contributed by atoms with Gasteiger partial charge in [0.05, 0.1) is 11.2 Å². The van der Waals surface area contributed by atoms with E-state index in [0.29, 0.717) is 12.8 Å². The zero-order chi connectivity index (χ0) is 21.6. The van der Waals surface area contributed by atoms with Crippen LogP contribution < -0.4 is 0 Å². The van der Waals surface area contributed by atoms with Gasteiger partial charge in [0.15, 0.2) is 0 Å². The summed E-state index contributed by atoms with van der Waals surface area (Å²) in [6.45, 7) is 0. The molecule has 0 aliphatic heterocycles. The van der Waals surface area contributed by atoms with Gasteiger partial charge in [-0.1, -0.05) is 54.6 Å². The van der Waals surface area contributed by atoms with E-state index >= 15 is 0 Å². The smallest absolute Gasteiger partial charge is 0.303 e. The molecule has 0 saturated carbocycles. The fourth-order valence-electron chi connectivity index (χ4n) is 5.05. The van der Waals surface area contributed by atoms with Crippen LogP contribution in [0.4, 0.5) is 0 Å². The van der Waals surface area contributed by atoms with Gasteiger partial charge in [-0.25, -0.2) is 4.98 Å². The summed E-state index contributed by atoms with van der Waals surface area (Å²) in [5, 5.41) is 22.0. The molecule has 31 heavy (non-hydrogen) atoms. The van der Waals surface area contributed by atoms with Crippen molar-refractivity contribution in [2.75, 3.05) is 0 Å². The van der Waals surface area contributed by atoms with Gasteiger partial charge in [-0.15, -0.1) is 0 Å². The minimum absolute atomic E-state index is 0.0435. The second-order valence-electron chi connectivity index (χ2n) is 8.16. The summed E-state index contributed by atoms with van der Waals surface area (Å²) in [5.74, 6) is -1.78. The number of aromatic nitrogens is 1. The Balaban J connectivity index is 1.86.